The van der Waals surface area contributed by atoms with Crippen molar-refractivity contribution in [3.63, 3.8) is 0 Å². The molecule has 140 valence electrons. The van der Waals surface area contributed by atoms with Gasteiger partial charge in [-0.05, 0) is 29.9 Å². The van der Waals surface area contributed by atoms with Gasteiger partial charge in [-0.1, -0.05) is 54.6 Å². The topological polar surface area (TPSA) is 40.0 Å². The predicted octanol–water partition coefficient (Wildman–Crippen LogP) is 4.93. The smallest absolute Gasteiger partial charge is 0.168 e. The summed E-state index contributed by atoms with van der Waals surface area (Å²) in [5.74, 6) is 0.962. The maximum absolute atomic E-state index is 4.95. The van der Waals surface area contributed by atoms with Crippen LogP contribution in [0.15, 0.2) is 45.4 Å². The van der Waals surface area contributed by atoms with Crippen molar-refractivity contribution >= 4 is 64.4 Å². The third-order valence-corrected chi connectivity index (χ3v) is 6.97. The first-order chi connectivity index (χ1) is 11.9. The summed E-state index contributed by atoms with van der Waals surface area (Å²) in [7, 11) is 0. The van der Waals surface area contributed by atoms with Crippen LogP contribution in [0.4, 0.5) is 5.69 Å². The summed E-state index contributed by atoms with van der Waals surface area (Å²) >= 11 is 3.61. The van der Waals surface area contributed by atoms with Crippen LogP contribution in [0.3, 0.4) is 0 Å². The quantitative estimate of drug-likeness (QED) is 0.724. The number of aliphatic imine (C=N–C) groups is 2. The number of hydrogen-bond acceptors (Lipinski definition) is 6. The third-order valence-electron chi connectivity index (χ3n) is 5.12. The summed E-state index contributed by atoms with van der Waals surface area (Å²) in [4.78, 5) is 12.2. The van der Waals surface area contributed by atoms with Gasteiger partial charge in [0.05, 0.1) is 17.8 Å². The van der Waals surface area contributed by atoms with E-state index in [-0.39, 0.29) is 24.8 Å². The van der Waals surface area contributed by atoms with Crippen molar-refractivity contribution < 1.29 is 0 Å². The molecule has 5 rings (SSSR count). The van der Waals surface area contributed by atoms with Crippen LogP contribution < -0.4 is 5.32 Å². The SMILES string of the molecule is C1=C(CSC2=Nc3ccccc3CN2)N2C(=NC3CCCCC32)S1.Cl.Cl. The number of nitrogens with zero attached hydrogens (tertiary/aromatic N) is 3. The molecule has 4 nitrogen and oxygen atoms in total. The van der Waals surface area contributed by atoms with Crippen molar-refractivity contribution in [1.29, 1.82) is 0 Å². The predicted molar refractivity (Wildman–Crippen MR) is 118 cm³/mol. The van der Waals surface area contributed by atoms with Crippen LogP contribution in [0.1, 0.15) is 31.2 Å². The molecule has 2 atom stereocenters. The van der Waals surface area contributed by atoms with Crippen molar-refractivity contribution in [2.24, 2.45) is 9.98 Å². The molecular weight excluding hydrogens is 407 g/mol. The van der Waals surface area contributed by atoms with Gasteiger partial charge in [-0.15, -0.1) is 24.8 Å². The van der Waals surface area contributed by atoms with Crippen molar-refractivity contribution in [3.8, 4) is 0 Å². The standard InChI is InChI=1S/C18H20N4S2.2ClH/c1-2-6-14-12(5-1)9-19-17(20-14)23-10-13-11-24-18-21-15-7-3-4-8-16(15)22(13)18;;/h1-2,5-6,11,15-16H,3-4,7-10H2,(H,19,20);2*1H. The fraction of sp³-hybridized carbons (Fsp3) is 0.444. The van der Waals surface area contributed by atoms with Gasteiger partial charge < -0.3 is 10.2 Å². The molecule has 3 heterocycles. The van der Waals surface area contributed by atoms with E-state index in [1.807, 2.05) is 11.8 Å². The zero-order valence-corrected chi connectivity index (χ0v) is 17.5. The first-order valence-electron chi connectivity index (χ1n) is 8.64. The summed E-state index contributed by atoms with van der Waals surface area (Å²) in [6, 6.07) is 9.51. The van der Waals surface area contributed by atoms with Crippen LogP contribution in [0.2, 0.25) is 0 Å². The molecule has 0 aromatic heterocycles. The lowest BCUT2D eigenvalue weighted by molar-refractivity contribution is 0.285. The van der Waals surface area contributed by atoms with E-state index in [0.29, 0.717) is 12.1 Å². The molecule has 0 amide bonds. The summed E-state index contributed by atoms with van der Waals surface area (Å²) < 4.78 is 0. The van der Waals surface area contributed by atoms with Crippen molar-refractivity contribution in [2.75, 3.05) is 5.75 Å². The minimum absolute atomic E-state index is 0. The van der Waals surface area contributed by atoms with Crippen molar-refractivity contribution in [3.05, 3.63) is 40.9 Å². The van der Waals surface area contributed by atoms with Crippen LogP contribution in [0.5, 0.6) is 0 Å². The van der Waals surface area contributed by atoms with E-state index in [2.05, 4.69) is 39.9 Å². The number of para-hydroxylation sites is 1. The fourth-order valence-corrected chi connectivity index (χ4v) is 5.86. The van der Waals surface area contributed by atoms with Gasteiger partial charge in [0.25, 0.3) is 0 Å². The Morgan fingerprint density at radius 2 is 2.04 bits per heavy atom. The van der Waals surface area contributed by atoms with E-state index in [4.69, 9.17) is 9.98 Å². The molecule has 26 heavy (non-hydrogen) atoms. The van der Waals surface area contributed by atoms with Gasteiger partial charge in [0, 0.05) is 18.0 Å². The van der Waals surface area contributed by atoms with E-state index >= 15 is 0 Å². The number of thioether (sulfide) groups is 2. The maximum atomic E-state index is 4.95. The number of amidine groups is 2. The number of benzene rings is 1. The van der Waals surface area contributed by atoms with Crippen LogP contribution in [0, 0.1) is 0 Å². The number of rotatable bonds is 2. The molecule has 0 saturated heterocycles. The lowest BCUT2D eigenvalue weighted by Gasteiger charge is -2.32. The summed E-state index contributed by atoms with van der Waals surface area (Å²) in [5.41, 5.74) is 3.78. The largest absolute Gasteiger partial charge is 0.360 e. The second-order valence-electron chi connectivity index (χ2n) is 6.62. The van der Waals surface area contributed by atoms with E-state index in [1.165, 1.54) is 42.1 Å². The zero-order valence-electron chi connectivity index (χ0n) is 14.3. The van der Waals surface area contributed by atoms with E-state index in [9.17, 15) is 0 Å². The molecule has 1 aromatic carbocycles. The molecule has 8 heteroatoms. The number of fused-ring (bicyclic) bond motifs is 4. The van der Waals surface area contributed by atoms with Gasteiger partial charge in [-0.2, -0.15) is 0 Å². The van der Waals surface area contributed by atoms with Gasteiger partial charge in [0.15, 0.2) is 10.3 Å². The van der Waals surface area contributed by atoms with Crippen LogP contribution >= 0.6 is 48.3 Å². The lowest BCUT2D eigenvalue weighted by atomic mass is 9.91. The maximum Gasteiger partial charge on any atom is 0.168 e. The van der Waals surface area contributed by atoms with Gasteiger partial charge in [0.1, 0.15) is 0 Å². The van der Waals surface area contributed by atoms with Crippen molar-refractivity contribution in [2.45, 2.75) is 44.3 Å². The van der Waals surface area contributed by atoms with Gasteiger partial charge in [-0.3, -0.25) is 4.99 Å². The zero-order chi connectivity index (χ0) is 15.9. The first kappa shape index (κ1) is 19.9. The summed E-state index contributed by atoms with van der Waals surface area (Å²) in [6.45, 7) is 0.872. The summed E-state index contributed by atoms with van der Waals surface area (Å²) in [6.07, 6.45) is 5.23. The highest BCUT2D eigenvalue weighted by Gasteiger charge is 2.41. The Labute approximate surface area is 175 Å². The Kier molecular flexibility index (Phi) is 6.49. The lowest BCUT2D eigenvalue weighted by Crippen LogP contribution is -2.39. The number of hydrogen-bond donors (Lipinski definition) is 1. The molecule has 1 N–H and O–H groups in total. The average molecular weight is 429 g/mol. The normalized spacial score (nSPS) is 25.4. The third kappa shape index (κ3) is 3.61. The van der Waals surface area contributed by atoms with E-state index in [1.54, 1.807) is 11.8 Å². The molecule has 0 radical (unpaired) electrons. The first-order valence-corrected chi connectivity index (χ1v) is 10.5. The van der Waals surface area contributed by atoms with Crippen LogP contribution in [0.25, 0.3) is 0 Å². The number of nitrogens with one attached hydrogen (secondary N) is 1. The van der Waals surface area contributed by atoms with Crippen LogP contribution in [-0.2, 0) is 6.54 Å². The molecule has 1 fully saturated rings. The van der Waals surface area contributed by atoms with Crippen LogP contribution in [-0.4, -0.2) is 33.1 Å². The Morgan fingerprint density at radius 1 is 1.19 bits per heavy atom. The molecule has 2 unspecified atom stereocenters. The molecule has 1 saturated carbocycles. The molecule has 1 aliphatic carbocycles. The average Bonchev–Trinajstić information content (AvgIpc) is 3.19. The van der Waals surface area contributed by atoms with Gasteiger partial charge >= 0.3 is 0 Å². The fourth-order valence-electron chi connectivity index (χ4n) is 3.91. The van der Waals surface area contributed by atoms with Gasteiger partial charge in [-0.25, -0.2) is 4.99 Å². The monoisotopic (exact) mass is 428 g/mol. The Morgan fingerprint density at radius 3 is 2.96 bits per heavy atom. The highest BCUT2D eigenvalue weighted by atomic mass is 35.5. The molecule has 3 aliphatic heterocycles. The second kappa shape index (κ2) is 8.46. The molecule has 0 bridgehead atoms. The van der Waals surface area contributed by atoms with Gasteiger partial charge in [0.2, 0.25) is 0 Å². The Balaban J connectivity index is 0.000000980. The molecule has 0 spiro atoms. The molecule has 4 aliphatic rings. The Bertz CT molecular complexity index is 765. The number of halogens is 2. The van der Waals surface area contributed by atoms with Crippen molar-refractivity contribution in [1.82, 2.24) is 10.2 Å². The Hall–Kier alpha value is -0.820. The molecular formula is C18H22Cl2N4S2. The second-order valence-corrected chi connectivity index (χ2v) is 8.42. The minimum Gasteiger partial charge on any atom is -0.360 e. The highest BCUT2D eigenvalue weighted by molar-refractivity contribution is 8.17. The van der Waals surface area contributed by atoms with E-state index in [0.717, 1.165) is 23.2 Å². The minimum atomic E-state index is 0. The van der Waals surface area contributed by atoms with E-state index < -0.39 is 0 Å². The summed E-state index contributed by atoms with van der Waals surface area (Å²) in [5, 5.41) is 7.99. The molecule has 1 aromatic rings. The highest BCUT2D eigenvalue weighted by Crippen LogP contribution is 2.41.